The molecule has 24 heavy (non-hydrogen) atoms. The summed E-state index contributed by atoms with van der Waals surface area (Å²) in [5.41, 5.74) is 6.51. The molecule has 3 aromatic rings. The molecule has 5 nitrogen and oxygen atoms in total. The third-order valence-electron chi connectivity index (χ3n) is 3.44. The Kier molecular flexibility index (Phi) is 4.19. The Hall–Kier alpha value is -2.54. The normalized spacial score (nSPS) is 12.1. The van der Waals surface area contributed by atoms with Gasteiger partial charge < -0.3 is 15.5 Å². The average Bonchev–Trinajstić information content (AvgIpc) is 2.96. The number of hydrogen-bond donors (Lipinski definition) is 2. The molecular formula is C17H18F2N4O. The molecule has 3 rings (SSSR count). The summed E-state index contributed by atoms with van der Waals surface area (Å²) in [7, 11) is 0. The maximum Gasteiger partial charge on any atom is 0.266 e. The minimum Gasteiger partial charge on any atom is -0.490 e. The Morgan fingerprint density at radius 2 is 2.12 bits per heavy atom. The van der Waals surface area contributed by atoms with Crippen molar-refractivity contribution in [3.05, 3.63) is 42.4 Å². The summed E-state index contributed by atoms with van der Waals surface area (Å²) in [6.45, 7) is 3.79. The fourth-order valence-corrected chi connectivity index (χ4v) is 2.35. The van der Waals surface area contributed by atoms with Gasteiger partial charge in [-0.25, -0.2) is 13.8 Å². The van der Waals surface area contributed by atoms with Gasteiger partial charge in [0.1, 0.15) is 18.0 Å². The van der Waals surface area contributed by atoms with Crippen LogP contribution in [0.5, 0.6) is 5.75 Å². The van der Waals surface area contributed by atoms with E-state index in [1.165, 1.54) is 12.3 Å². The van der Waals surface area contributed by atoms with Crippen LogP contribution in [0.15, 0.2) is 36.8 Å². The van der Waals surface area contributed by atoms with Crippen molar-refractivity contribution >= 4 is 11.0 Å². The lowest BCUT2D eigenvalue weighted by atomic mass is 10.1. The van der Waals surface area contributed by atoms with Gasteiger partial charge in [0.25, 0.3) is 6.43 Å². The number of aromatic nitrogens is 3. The first-order valence-electron chi connectivity index (χ1n) is 7.47. The SMILES string of the molecule is CC(C)(N)COc1cnc(-c2c[nH]c3ncccc23)c(C(F)F)c1. The highest BCUT2D eigenvalue weighted by Gasteiger charge is 2.20. The smallest absolute Gasteiger partial charge is 0.266 e. The average molecular weight is 332 g/mol. The summed E-state index contributed by atoms with van der Waals surface area (Å²) < 4.78 is 32.5. The lowest BCUT2D eigenvalue weighted by molar-refractivity contribution is 0.150. The van der Waals surface area contributed by atoms with Gasteiger partial charge in [0.2, 0.25) is 0 Å². The van der Waals surface area contributed by atoms with Gasteiger partial charge in [-0.2, -0.15) is 0 Å². The lowest BCUT2D eigenvalue weighted by Gasteiger charge is -2.19. The van der Waals surface area contributed by atoms with Gasteiger partial charge in [-0.15, -0.1) is 0 Å². The van der Waals surface area contributed by atoms with Crippen molar-refractivity contribution in [2.45, 2.75) is 25.8 Å². The molecule has 0 unspecified atom stereocenters. The monoisotopic (exact) mass is 332 g/mol. The number of nitrogens with one attached hydrogen (secondary N) is 1. The molecule has 3 aromatic heterocycles. The van der Waals surface area contributed by atoms with E-state index in [0.717, 1.165) is 5.39 Å². The highest BCUT2D eigenvalue weighted by molar-refractivity contribution is 5.93. The summed E-state index contributed by atoms with van der Waals surface area (Å²) in [5.74, 6) is 0.269. The van der Waals surface area contributed by atoms with Crippen LogP contribution in [0.4, 0.5) is 8.78 Å². The second-order valence-corrected chi connectivity index (χ2v) is 6.29. The predicted octanol–water partition coefficient (Wildman–Crippen LogP) is 3.68. The molecule has 0 aliphatic carbocycles. The van der Waals surface area contributed by atoms with Gasteiger partial charge in [0.05, 0.1) is 11.9 Å². The number of aromatic amines is 1. The largest absolute Gasteiger partial charge is 0.490 e. The van der Waals surface area contributed by atoms with E-state index >= 15 is 0 Å². The number of ether oxygens (including phenoxy) is 1. The molecule has 0 saturated heterocycles. The summed E-state index contributed by atoms with van der Waals surface area (Å²) >= 11 is 0. The van der Waals surface area contributed by atoms with Gasteiger partial charge in [0, 0.05) is 34.4 Å². The zero-order chi connectivity index (χ0) is 17.3. The number of alkyl halides is 2. The fourth-order valence-electron chi connectivity index (χ4n) is 2.35. The van der Waals surface area contributed by atoms with Crippen LogP contribution in [0.1, 0.15) is 25.8 Å². The van der Waals surface area contributed by atoms with Crippen molar-refractivity contribution in [2.75, 3.05) is 6.61 Å². The number of H-pyrrole nitrogens is 1. The summed E-state index contributed by atoms with van der Waals surface area (Å²) in [5, 5.41) is 0.739. The van der Waals surface area contributed by atoms with Crippen molar-refractivity contribution in [1.82, 2.24) is 15.0 Å². The zero-order valence-electron chi connectivity index (χ0n) is 13.4. The maximum absolute atomic E-state index is 13.5. The first-order valence-corrected chi connectivity index (χ1v) is 7.47. The van der Waals surface area contributed by atoms with E-state index in [1.54, 1.807) is 32.3 Å². The summed E-state index contributed by atoms with van der Waals surface area (Å²) in [6.07, 6.45) is 2.02. The van der Waals surface area contributed by atoms with E-state index in [9.17, 15) is 8.78 Å². The van der Waals surface area contributed by atoms with Crippen molar-refractivity contribution in [3.63, 3.8) is 0 Å². The van der Waals surface area contributed by atoms with Crippen molar-refractivity contribution in [3.8, 4) is 17.0 Å². The van der Waals surface area contributed by atoms with Crippen molar-refractivity contribution in [2.24, 2.45) is 5.73 Å². The number of fused-ring (bicyclic) bond motifs is 1. The molecule has 3 N–H and O–H groups in total. The van der Waals surface area contributed by atoms with Crippen LogP contribution in [0, 0.1) is 0 Å². The van der Waals surface area contributed by atoms with Crippen LogP contribution < -0.4 is 10.5 Å². The summed E-state index contributed by atoms with van der Waals surface area (Å²) in [6, 6.07) is 4.88. The van der Waals surface area contributed by atoms with Crippen LogP contribution in [-0.2, 0) is 0 Å². The molecule has 0 spiro atoms. The molecule has 0 aliphatic rings. The van der Waals surface area contributed by atoms with Crippen LogP contribution in [0.25, 0.3) is 22.3 Å². The van der Waals surface area contributed by atoms with E-state index in [0.29, 0.717) is 11.2 Å². The molecule has 0 radical (unpaired) electrons. The molecule has 0 aliphatic heterocycles. The van der Waals surface area contributed by atoms with Crippen LogP contribution in [0.2, 0.25) is 0 Å². The number of halogens is 2. The maximum atomic E-state index is 13.5. The van der Waals surface area contributed by atoms with Crippen molar-refractivity contribution < 1.29 is 13.5 Å². The third kappa shape index (κ3) is 3.35. The molecule has 3 heterocycles. The molecule has 126 valence electrons. The van der Waals surface area contributed by atoms with Gasteiger partial charge in [-0.1, -0.05) is 0 Å². The fraction of sp³-hybridized carbons (Fsp3) is 0.294. The number of nitrogens with two attached hydrogens (primary N) is 1. The molecule has 0 bridgehead atoms. The second kappa shape index (κ2) is 6.16. The Bertz CT molecular complexity index is 855. The predicted molar refractivity (Wildman–Crippen MR) is 88.0 cm³/mol. The Morgan fingerprint density at radius 3 is 2.83 bits per heavy atom. The van der Waals surface area contributed by atoms with E-state index in [1.807, 2.05) is 6.07 Å². The van der Waals surface area contributed by atoms with Gasteiger partial charge in [-0.3, -0.25) is 4.98 Å². The van der Waals surface area contributed by atoms with E-state index in [2.05, 4.69) is 15.0 Å². The molecular weight excluding hydrogens is 314 g/mol. The Labute approximate surface area is 137 Å². The standard InChI is InChI=1S/C17H18F2N4O/c1-17(2,20)9-24-10-6-12(15(18)19)14(22-7-10)13-8-23-16-11(13)4-3-5-21-16/h3-8,15H,9,20H2,1-2H3,(H,21,23). The quantitative estimate of drug-likeness (QED) is 0.747. The number of nitrogens with zero attached hydrogens (tertiary/aromatic N) is 2. The second-order valence-electron chi connectivity index (χ2n) is 6.29. The number of hydrogen-bond acceptors (Lipinski definition) is 4. The van der Waals surface area contributed by atoms with E-state index < -0.39 is 12.0 Å². The highest BCUT2D eigenvalue weighted by atomic mass is 19.3. The first kappa shape index (κ1) is 16.3. The minimum absolute atomic E-state index is 0.188. The third-order valence-corrected chi connectivity index (χ3v) is 3.44. The van der Waals surface area contributed by atoms with Gasteiger partial charge >= 0.3 is 0 Å². The molecule has 0 fully saturated rings. The molecule has 0 atom stereocenters. The minimum atomic E-state index is -2.68. The van der Waals surface area contributed by atoms with Crippen LogP contribution in [0.3, 0.4) is 0 Å². The molecule has 0 amide bonds. The van der Waals surface area contributed by atoms with Gasteiger partial charge in [0.15, 0.2) is 0 Å². The van der Waals surface area contributed by atoms with Crippen LogP contribution >= 0.6 is 0 Å². The van der Waals surface area contributed by atoms with E-state index in [4.69, 9.17) is 10.5 Å². The number of pyridine rings is 2. The molecule has 0 aromatic carbocycles. The van der Waals surface area contributed by atoms with Crippen molar-refractivity contribution in [1.29, 1.82) is 0 Å². The lowest BCUT2D eigenvalue weighted by Crippen LogP contribution is -2.38. The Balaban J connectivity index is 2.02. The molecule has 7 heteroatoms. The zero-order valence-corrected chi connectivity index (χ0v) is 13.4. The van der Waals surface area contributed by atoms with Gasteiger partial charge in [-0.05, 0) is 32.0 Å². The van der Waals surface area contributed by atoms with Crippen LogP contribution in [-0.4, -0.2) is 27.1 Å². The molecule has 0 saturated carbocycles. The van der Waals surface area contributed by atoms with E-state index in [-0.39, 0.29) is 23.6 Å². The Morgan fingerprint density at radius 1 is 1.33 bits per heavy atom. The topological polar surface area (TPSA) is 76.8 Å². The summed E-state index contributed by atoms with van der Waals surface area (Å²) in [4.78, 5) is 11.3. The first-order chi connectivity index (χ1) is 11.3. The number of rotatable bonds is 5. The highest BCUT2D eigenvalue weighted by Crippen LogP contribution is 2.35.